The Morgan fingerprint density at radius 2 is 1.92 bits per heavy atom. The van der Waals surface area contributed by atoms with Crippen LogP contribution in [0.5, 0.6) is 0 Å². The first-order chi connectivity index (χ1) is 5.72. The van der Waals surface area contributed by atoms with Crippen molar-refractivity contribution >= 4 is 5.91 Å². The number of hydrogen-bond donors (Lipinski definition) is 1. The van der Waals surface area contributed by atoms with Crippen molar-refractivity contribution in [2.24, 2.45) is 0 Å². The van der Waals surface area contributed by atoms with E-state index < -0.39 is 0 Å². The summed E-state index contributed by atoms with van der Waals surface area (Å²) in [6, 6.07) is 0. The highest BCUT2D eigenvalue weighted by atomic mass is 16.2. The lowest BCUT2D eigenvalue weighted by molar-refractivity contribution is -0.126. The number of piperazine rings is 1. The van der Waals surface area contributed by atoms with E-state index in [1.165, 1.54) is 0 Å². The maximum atomic E-state index is 11.0. The summed E-state index contributed by atoms with van der Waals surface area (Å²) in [5.74, 6) is 0.111. The fourth-order valence-corrected chi connectivity index (χ4v) is 1.17. The first-order valence-corrected chi connectivity index (χ1v) is 4.45. The largest absolute Gasteiger partial charge is 0.304 e. The van der Waals surface area contributed by atoms with Crippen LogP contribution in [0.25, 0.3) is 0 Å². The summed E-state index contributed by atoms with van der Waals surface area (Å²) in [5.41, 5.74) is 2.86. The van der Waals surface area contributed by atoms with Crippen molar-refractivity contribution in [3.8, 4) is 0 Å². The quantitative estimate of drug-likeness (QED) is 0.618. The molecule has 1 aliphatic rings. The maximum absolute atomic E-state index is 11.0. The fraction of sp³-hybridized carbons (Fsp3) is 0.875. The van der Waals surface area contributed by atoms with Crippen LogP contribution in [-0.4, -0.2) is 49.0 Å². The van der Waals surface area contributed by atoms with Gasteiger partial charge < -0.3 is 4.90 Å². The fourth-order valence-electron chi connectivity index (χ4n) is 1.17. The van der Waals surface area contributed by atoms with Crippen LogP contribution in [0, 0.1) is 0 Å². The third-order valence-electron chi connectivity index (χ3n) is 2.11. The molecule has 0 aromatic heterocycles. The van der Waals surface area contributed by atoms with E-state index in [2.05, 4.69) is 17.4 Å². The number of carbonyl (C=O) groups excluding carboxylic acids is 1. The lowest BCUT2D eigenvalue weighted by Crippen LogP contribution is -2.52. The highest BCUT2D eigenvalue weighted by Gasteiger charge is 2.14. The van der Waals surface area contributed by atoms with Gasteiger partial charge in [-0.3, -0.25) is 10.2 Å². The van der Waals surface area contributed by atoms with Crippen molar-refractivity contribution in [1.29, 1.82) is 0 Å². The maximum Gasteiger partial charge on any atom is 0.233 e. The number of nitrogens with one attached hydrogen (secondary N) is 1. The van der Waals surface area contributed by atoms with Crippen LogP contribution in [-0.2, 0) is 4.79 Å². The molecule has 1 saturated heterocycles. The number of amides is 1. The first kappa shape index (κ1) is 9.48. The molecule has 0 aromatic carbocycles. The zero-order chi connectivity index (χ0) is 8.97. The van der Waals surface area contributed by atoms with Crippen molar-refractivity contribution in [1.82, 2.24) is 15.3 Å². The summed E-state index contributed by atoms with van der Waals surface area (Å²) >= 11 is 0. The first-order valence-electron chi connectivity index (χ1n) is 4.45. The summed E-state index contributed by atoms with van der Waals surface area (Å²) in [6.45, 7) is 5.80. The van der Waals surface area contributed by atoms with E-state index >= 15 is 0 Å². The molecule has 4 heteroatoms. The van der Waals surface area contributed by atoms with E-state index in [1.807, 2.05) is 11.9 Å². The topological polar surface area (TPSA) is 35.6 Å². The SMILES string of the molecule is CCC(=O)NN1CCN(C)CC1. The Balaban J connectivity index is 2.21. The van der Waals surface area contributed by atoms with Crippen molar-refractivity contribution < 1.29 is 4.79 Å². The van der Waals surface area contributed by atoms with Gasteiger partial charge in [-0.2, -0.15) is 0 Å². The van der Waals surface area contributed by atoms with Gasteiger partial charge in [-0.15, -0.1) is 0 Å². The molecule has 0 unspecified atom stereocenters. The number of hydrazine groups is 1. The zero-order valence-electron chi connectivity index (χ0n) is 7.84. The second-order valence-corrected chi connectivity index (χ2v) is 3.18. The van der Waals surface area contributed by atoms with Crippen molar-refractivity contribution in [2.45, 2.75) is 13.3 Å². The number of carbonyl (C=O) groups is 1. The molecule has 0 bridgehead atoms. The van der Waals surface area contributed by atoms with Gasteiger partial charge in [-0.25, -0.2) is 5.01 Å². The molecule has 12 heavy (non-hydrogen) atoms. The van der Waals surface area contributed by atoms with Gasteiger partial charge >= 0.3 is 0 Å². The number of nitrogens with zero attached hydrogens (tertiary/aromatic N) is 2. The minimum Gasteiger partial charge on any atom is -0.304 e. The van der Waals surface area contributed by atoms with Crippen LogP contribution in [0.4, 0.5) is 0 Å². The number of rotatable bonds is 2. The molecule has 1 rings (SSSR count). The summed E-state index contributed by atoms with van der Waals surface area (Å²) < 4.78 is 0. The Hall–Kier alpha value is -0.610. The number of hydrogen-bond acceptors (Lipinski definition) is 3. The smallest absolute Gasteiger partial charge is 0.233 e. The van der Waals surface area contributed by atoms with Crippen molar-refractivity contribution in [2.75, 3.05) is 33.2 Å². The van der Waals surface area contributed by atoms with E-state index in [0.29, 0.717) is 6.42 Å². The Morgan fingerprint density at radius 1 is 1.33 bits per heavy atom. The summed E-state index contributed by atoms with van der Waals surface area (Å²) in [6.07, 6.45) is 0.562. The van der Waals surface area contributed by atoms with Crippen LogP contribution in [0.15, 0.2) is 0 Å². The van der Waals surface area contributed by atoms with Gasteiger partial charge in [0.15, 0.2) is 0 Å². The van der Waals surface area contributed by atoms with Gasteiger partial charge in [0.1, 0.15) is 0 Å². The van der Waals surface area contributed by atoms with Crippen molar-refractivity contribution in [3.63, 3.8) is 0 Å². The Morgan fingerprint density at radius 3 is 2.42 bits per heavy atom. The van der Waals surface area contributed by atoms with Gasteiger partial charge in [0.2, 0.25) is 5.91 Å². The van der Waals surface area contributed by atoms with Gasteiger partial charge in [0, 0.05) is 32.6 Å². The molecule has 0 radical (unpaired) electrons. The minimum atomic E-state index is 0.111. The predicted molar refractivity (Wildman–Crippen MR) is 47.5 cm³/mol. The second-order valence-electron chi connectivity index (χ2n) is 3.18. The summed E-state index contributed by atoms with van der Waals surface area (Å²) in [4.78, 5) is 13.3. The average Bonchev–Trinajstić information content (AvgIpc) is 2.09. The second kappa shape index (κ2) is 4.42. The van der Waals surface area contributed by atoms with Crippen LogP contribution in [0.3, 0.4) is 0 Å². The molecule has 0 aromatic rings. The molecule has 1 heterocycles. The highest BCUT2D eigenvalue weighted by molar-refractivity contribution is 5.74. The standard InChI is InChI=1S/C8H17N3O/c1-3-8(12)9-11-6-4-10(2)5-7-11/h3-7H2,1-2H3,(H,9,12). The monoisotopic (exact) mass is 171 g/mol. The lowest BCUT2D eigenvalue weighted by Gasteiger charge is -2.32. The van der Waals surface area contributed by atoms with E-state index in [9.17, 15) is 4.79 Å². The molecule has 0 spiro atoms. The average molecular weight is 171 g/mol. The third-order valence-corrected chi connectivity index (χ3v) is 2.11. The van der Waals surface area contributed by atoms with E-state index in [4.69, 9.17) is 0 Å². The van der Waals surface area contributed by atoms with Gasteiger partial charge in [-0.05, 0) is 7.05 Å². The molecule has 1 amide bonds. The molecule has 4 nitrogen and oxygen atoms in total. The van der Waals surface area contributed by atoms with Crippen LogP contribution in [0.2, 0.25) is 0 Å². The molecule has 1 fully saturated rings. The molecule has 0 atom stereocenters. The third kappa shape index (κ3) is 2.79. The molecule has 0 aliphatic carbocycles. The molecular weight excluding hydrogens is 154 g/mol. The molecule has 1 N–H and O–H groups in total. The van der Waals surface area contributed by atoms with Gasteiger partial charge in [0.05, 0.1) is 0 Å². The van der Waals surface area contributed by atoms with E-state index in [-0.39, 0.29) is 5.91 Å². The highest BCUT2D eigenvalue weighted by Crippen LogP contribution is 1.95. The zero-order valence-corrected chi connectivity index (χ0v) is 7.84. The van der Waals surface area contributed by atoms with E-state index in [0.717, 1.165) is 26.2 Å². The summed E-state index contributed by atoms with van der Waals surface area (Å²) in [5, 5.41) is 1.99. The Kier molecular flexibility index (Phi) is 3.49. The van der Waals surface area contributed by atoms with Gasteiger partial charge in [0.25, 0.3) is 0 Å². The lowest BCUT2D eigenvalue weighted by atomic mass is 10.4. The predicted octanol–water partition coefficient (Wildman–Crippen LogP) is -0.325. The normalized spacial score (nSPS) is 20.8. The molecular formula is C8H17N3O. The van der Waals surface area contributed by atoms with Crippen LogP contribution >= 0.6 is 0 Å². The number of likely N-dealkylation sites (N-methyl/N-ethyl adjacent to an activating group) is 1. The summed E-state index contributed by atoms with van der Waals surface area (Å²) in [7, 11) is 2.10. The van der Waals surface area contributed by atoms with Crippen molar-refractivity contribution in [3.05, 3.63) is 0 Å². The minimum absolute atomic E-state index is 0.111. The molecule has 1 aliphatic heterocycles. The van der Waals surface area contributed by atoms with Gasteiger partial charge in [-0.1, -0.05) is 6.92 Å². The van der Waals surface area contributed by atoms with E-state index in [1.54, 1.807) is 0 Å². The Bertz CT molecular complexity index is 152. The molecule has 70 valence electrons. The van der Waals surface area contributed by atoms with Crippen LogP contribution < -0.4 is 5.43 Å². The Labute approximate surface area is 73.5 Å². The van der Waals surface area contributed by atoms with Crippen LogP contribution in [0.1, 0.15) is 13.3 Å². The molecule has 0 saturated carbocycles.